The molecular formula is C12H21F5N2OS. The predicted octanol–water partition coefficient (Wildman–Crippen LogP) is 2.70. The zero-order chi connectivity index (χ0) is 16.6. The SMILES string of the molecule is CN1CCC(F)(F)C[C@@H]1[C@@H](N[S@+]([O-])C(C)(C)C)C(F)(F)F. The summed E-state index contributed by atoms with van der Waals surface area (Å²) in [6.07, 6.45) is -6.12. The third-order valence-corrected chi connectivity index (χ3v) is 5.01. The van der Waals surface area contributed by atoms with Gasteiger partial charge in [0.05, 0.1) is 0 Å². The molecule has 21 heavy (non-hydrogen) atoms. The molecular weight excluding hydrogens is 315 g/mol. The largest absolute Gasteiger partial charge is 0.598 e. The summed E-state index contributed by atoms with van der Waals surface area (Å²) in [6, 6.07) is -3.70. The summed E-state index contributed by atoms with van der Waals surface area (Å²) in [6.45, 7) is 4.42. The predicted molar refractivity (Wildman–Crippen MR) is 71.5 cm³/mol. The van der Waals surface area contributed by atoms with Crippen LogP contribution < -0.4 is 4.72 Å². The molecule has 0 amide bonds. The van der Waals surface area contributed by atoms with Crippen LogP contribution in [0.4, 0.5) is 22.0 Å². The van der Waals surface area contributed by atoms with E-state index in [1.165, 1.54) is 32.7 Å². The lowest BCUT2D eigenvalue weighted by Gasteiger charge is -2.42. The topological polar surface area (TPSA) is 38.3 Å². The van der Waals surface area contributed by atoms with Gasteiger partial charge in [0.15, 0.2) is 6.04 Å². The van der Waals surface area contributed by atoms with Gasteiger partial charge in [-0.2, -0.15) is 13.2 Å². The Kier molecular flexibility index (Phi) is 5.56. The van der Waals surface area contributed by atoms with Crippen LogP contribution in [-0.4, -0.2) is 52.0 Å². The second-order valence-electron chi connectivity index (χ2n) is 6.38. The first-order valence-corrected chi connectivity index (χ1v) is 7.72. The molecule has 1 aliphatic heterocycles. The van der Waals surface area contributed by atoms with Crippen molar-refractivity contribution in [1.82, 2.24) is 9.62 Å². The second-order valence-corrected chi connectivity index (χ2v) is 8.37. The molecule has 0 bridgehead atoms. The summed E-state index contributed by atoms with van der Waals surface area (Å²) >= 11 is -2.00. The minimum atomic E-state index is -4.76. The monoisotopic (exact) mass is 336 g/mol. The Morgan fingerprint density at radius 3 is 2.24 bits per heavy atom. The smallest absolute Gasteiger partial charge is 0.409 e. The number of likely N-dealkylation sites (tertiary alicyclic amines) is 1. The molecule has 1 aliphatic rings. The Labute approximate surface area is 124 Å². The van der Waals surface area contributed by atoms with Gasteiger partial charge in [0.1, 0.15) is 4.75 Å². The van der Waals surface area contributed by atoms with Gasteiger partial charge < -0.3 is 9.45 Å². The number of hydrogen-bond acceptors (Lipinski definition) is 3. The molecule has 0 radical (unpaired) electrons. The normalized spacial score (nSPS) is 27.4. The van der Waals surface area contributed by atoms with Crippen molar-refractivity contribution in [2.24, 2.45) is 0 Å². The van der Waals surface area contributed by atoms with E-state index in [4.69, 9.17) is 0 Å². The highest BCUT2D eigenvalue weighted by Crippen LogP contribution is 2.37. The summed E-state index contributed by atoms with van der Waals surface area (Å²) in [5, 5.41) is 0. The standard InChI is InChI=1S/C12H21F5N2OS/c1-10(2,3)21(20)18-9(12(15,16)17)8-7-11(13,14)5-6-19(8)4/h8-9,18H,5-7H2,1-4H3/t8-,9-,21-/m1/s1. The minimum Gasteiger partial charge on any atom is -0.598 e. The maximum atomic E-state index is 13.5. The number of hydrogen-bond donors (Lipinski definition) is 1. The van der Waals surface area contributed by atoms with E-state index in [9.17, 15) is 26.5 Å². The van der Waals surface area contributed by atoms with Crippen LogP contribution in [0.5, 0.6) is 0 Å². The van der Waals surface area contributed by atoms with Gasteiger partial charge in [-0.25, -0.2) is 8.78 Å². The van der Waals surface area contributed by atoms with Crippen molar-refractivity contribution in [3.63, 3.8) is 0 Å². The van der Waals surface area contributed by atoms with E-state index in [-0.39, 0.29) is 6.54 Å². The molecule has 1 rings (SSSR count). The number of alkyl halides is 5. The second kappa shape index (κ2) is 6.17. The molecule has 1 heterocycles. The molecule has 9 heteroatoms. The van der Waals surface area contributed by atoms with Gasteiger partial charge in [-0.1, -0.05) is 0 Å². The molecule has 0 unspecified atom stereocenters. The molecule has 0 aliphatic carbocycles. The molecule has 1 saturated heterocycles. The molecule has 0 aromatic heterocycles. The molecule has 0 spiro atoms. The molecule has 126 valence electrons. The highest BCUT2D eigenvalue weighted by molar-refractivity contribution is 7.90. The fourth-order valence-corrected chi connectivity index (χ4v) is 2.97. The number of rotatable bonds is 3. The maximum Gasteiger partial charge on any atom is 0.409 e. The van der Waals surface area contributed by atoms with E-state index in [0.29, 0.717) is 0 Å². The number of piperidine rings is 1. The summed E-state index contributed by atoms with van der Waals surface area (Å²) < 4.78 is 79.5. The van der Waals surface area contributed by atoms with Gasteiger partial charge in [0, 0.05) is 36.8 Å². The van der Waals surface area contributed by atoms with E-state index in [1.54, 1.807) is 0 Å². The number of likely N-dealkylation sites (N-methyl/N-ethyl adjacent to an activating group) is 1. The molecule has 1 fully saturated rings. The Hall–Kier alpha value is -0.120. The van der Waals surface area contributed by atoms with E-state index in [0.717, 1.165) is 0 Å². The Balaban J connectivity index is 2.97. The quantitative estimate of drug-likeness (QED) is 0.636. The summed E-state index contributed by atoms with van der Waals surface area (Å²) in [5.74, 6) is -3.13. The molecule has 0 aromatic rings. The Morgan fingerprint density at radius 2 is 1.81 bits per heavy atom. The van der Waals surface area contributed by atoms with Crippen molar-refractivity contribution in [2.45, 2.75) is 62.5 Å². The van der Waals surface area contributed by atoms with Crippen molar-refractivity contribution in [1.29, 1.82) is 0 Å². The first kappa shape index (κ1) is 18.9. The first-order valence-electron chi connectivity index (χ1n) is 6.57. The lowest BCUT2D eigenvalue weighted by Crippen LogP contribution is -2.62. The number of nitrogens with one attached hydrogen (secondary N) is 1. The minimum absolute atomic E-state index is 0.131. The Bertz CT molecular complexity index is 359. The third-order valence-electron chi connectivity index (χ3n) is 3.43. The van der Waals surface area contributed by atoms with Crippen LogP contribution >= 0.6 is 0 Å². The van der Waals surface area contributed by atoms with Gasteiger partial charge in [0.2, 0.25) is 0 Å². The Morgan fingerprint density at radius 1 is 1.29 bits per heavy atom. The van der Waals surface area contributed by atoms with Crippen LogP contribution in [0, 0.1) is 0 Å². The average Bonchev–Trinajstić information content (AvgIpc) is 2.26. The van der Waals surface area contributed by atoms with Crippen LogP contribution in [0.15, 0.2) is 0 Å². The fourth-order valence-electron chi connectivity index (χ4n) is 2.10. The highest BCUT2D eigenvalue weighted by Gasteiger charge is 2.54. The average molecular weight is 336 g/mol. The van der Waals surface area contributed by atoms with Crippen molar-refractivity contribution >= 4 is 11.4 Å². The van der Waals surface area contributed by atoms with E-state index >= 15 is 0 Å². The summed E-state index contributed by atoms with van der Waals surface area (Å²) in [4.78, 5) is 1.25. The zero-order valence-corrected chi connectivity index (χ0v) is 13.2. The van der Waals surface area contributed by atoms with Crippen molar-refractivity contribution in [2.75, 3.05) is 13.6 Å². The van der Waals surface area contributed by atoms with E-state index in [2.05, 4.69) is 0 Å². The van der Waals surface area contributed by atoms with Gasteiger partial charge in [-0.15, -0.1) is 4.72 Å². The third kappa shape index (κ3) is 5.22. The van der Waals surface area contributed by atoms with E-state index in [1.807, 2.05) is 4.72 Å². The van der Waals surface area contributed by atoms with E-state index < -0.39 is 53.1 Å². The first-order chi connectivity index (χ1) is 9.24. The van der Waals surface area contributed by atoms with Crippen LogP contribution in [0.2, 0.25) is 0 Å². The van der Waals surface area contributed by atoms with Gasteiger partial charge in [-0.05, 0) is 27.8 Å². The lowest BCUT2D eigenvalue weighted by molar-refractivity contribution is -0.180. The van der Waals surface area contributed by atoms with Crippen molar-refractivity contribution in [3.8, 4) is 0 Å². The lowest BCUT2D eigenvalue weighted by atomic mass is 9.93. The fraction of sp³-hybridized carbons (Fsp3) is 1.00. The number of halogens is 5. The summed E-state index contributed by atoms with van der Waals surface area (Å²) in [5.41, 5.74) is 0. The molecule has 0 saturated carbocycles. The highest BCUT2D eigenvalue weighted by atomic mass is 32.2. The maximum absolute atomic E-state index is 13.5. The van der Waals surface area contributed by atoms with Crippen LogP contribution in [0.25, 0.3) is 0 Å². The van der Waals surface area contributed by atoms with Crippen LogP contribution in [-0.2, 0) is 11.4 Å². The van der Waals surface area contributed by atoms with Crippen LogP contribution in [0.3, 0.4) is 0 Å². The van der Waals surface area contributed by atoms with Gasteiger partial charge in [-0.3, -0.25) is 0 Å². The summed E-state index contributed by atoms with van der Waals surface area (Å²) in [7, 11) is 1.38. The zero-order valence-electron chi connectivity index (χ0n) is 12.4. The molecule has 1 N–H and O–H groups in total. The molecule has 3 atom stereocenters. The molecule has 3 nitrogen and oxygen atoms in total. The molecule has 0 aromatic carbocycles. The van der Waals surface area contributed by atoms with Crippen LogP contribution in [0.1, 0.15) is 33.6 Å². The van der Waals surface area contributed by atoms with Gasteiger partial charge >= 0.3 is 6.18 Å². The van der Waals surface area contributed by atoms with Crippen molar-refractivity contribution < 1.29 is 26.5 Å². The van der Waals surface area contributed by atoms with Crippen molar-refractivity contribution in [3.05, 3.63) is 0 Å². The van der Waals surface area contributed by atoms with Gasteiger partial charge in [0.25, 0.3) is 5.92 Å². The number of nitrogens with zero attached hydrogens (tertiary/aromatic N) is 1.